The highest BCUT2D eigenvalue weighted by molar-refractivity contribution is 5.72. The van der Waals surface area contributed by atoms with Crippen LogP contribution < -0.4 is 10.1 Å². The Hall–Kier alpha value is -3.00. The molecule has 2 unspecified atom stereocenters. The van der Waals surface area contributed by atoms with Crippen molar-refractivity contribution >= 4 is 0 Å². The molecular weight excluding hydrogens is 385 g/mol. The number of nitrogens with zero attached hydrogens (tertiary/aromatic N) is 4. The van der Waals surface area contributed by atoms with Crippen LogP contribution in [0.5, 0.6) is 11.6 Å². The molecule has 2 N–H and O–H groups in total. The van der Waals surface area contributed by atoms with Crippen LogP contribution in [0.25, 0.3) is 22.5 Å². The number of phenols is 1. The molecule has 2 saturated heterocycles. The second-order valence-corrected chi connectivity index (χ2v) is 8.10. The molecule has 2 aromatic heterocycles. The predicted molar refractivity (Wildman–Crippen MR) is 110 cm³/mol. The maximum Gasteiger partial charge on any atom is 0.233 e. The highest BCUT2D eigenvalue weighted by Gasteiger charge is 2.41. The molecule has 1 aromatic carbocycles. The van der Waals surface area contributed by atoms with Gasteiger partial charge in [0, 0.05) is 48.9 Å². The highest BCUT2D eigenvalue weighted by Crippen LogP contribution is 2.33. The third-order valence-electron chi connectivity index (χ3n) is 5.97. The number of alkyl halides is 1. The number of halogens is 1. The molecule has 2 fully saturated rings. The lowest BCUT2D eigenvalue weighted by Gasteiger charge is -2.42. The Morgan fingerprint density at radius 2 is 2.03 bits per heavy atom. The fraction of sp³-hybridized carbons (Fsp3) is 0.409. The van der Waals surface area contributed by atoms with Crippen LogP contribution in [0.2, 0.25) is 0 Å². The van der Waals surface area contributed by atoms with Gasteiger partial charge in [-0.2, -0.15) is 5.10 Å². The van der Waals surface area contributed by atoms with Crippen molar-refractivity contribution in [2.45, 2.75) is 50.0 Å². The number of rotatable bonds is 4. The molecule has 156 valence electrons. The number of piperidine rings is 2. The second kappa shape index (κ2) is 7.68. The van der Waals surface area contributed by atoms with Gasteiger partial charge >= 0.3 is 0 Å². The van der Waals surface area contributed by atoms with Crippen molar-refractivity contribution in [3.05, 3.63) is 42.6 Å². The van der Waals surface area contributed by atoms with Gasteiger partial charge in [0.05, 0.1) is 11.4 Å². The number of aromatic hydroxyl groups is 1. The average Bonchev–Trinajstić information content (AvgIpc) is 3.19. The molecule has 0 spiro atoms. The van der Waals surface area contributed by atoms with Gasteiger partial charge in [0.15, 0.2) is 6.17 Å². The molecule has 4 atom stereocenters. The van der Waals surface area contributed by atoms with Crippen molar-refractivity contribution in [3.8, 4) is 34.1 Å². The first-order valence-electron chi connectivity index (χ1n) is 10.3. The van der Waals surface area contributed by atoms with Gasteiger partial charge in [-0.05, 0) is 37.1 Å². The number of benzene rings is 1. The minimum absolute atomic E-state index is 0.0936. The molecule has 7 nitrogen and oxygen atoms in total. The molecule has 8 heteroatoms. The first kappa shape index (κ1) is 19.0. The molecule has 3 aromatic rings. The number of aromatic nitrogens is 4. The maximum absolute atomic E-state index is 14.7. The lowest BCUT2D eigenvalue weighted by atomic mass is 9.84. The van der Waals surface area contributed by atoms with Gasteiger partial charge in [-0.15, -0.1) is 10.2 Å². The molecule has 4 heterocycles. The smallest absolute Gasteiger partial charge is 0.233 e. The van der Waals surface area contributed by atoms with Crippen molar-refractivity contribution in [2.24, 2.45) is 7.05 Å². The van der Waals surface area contributed by atoms with E-state index in [9.17, 15) is 9.50 Å². The van der Waals surface area contributed by atoms with Gasteiger partial charge in [-0.25, -0.2) is 4.39 Å². The van der Waals surface area contributed by atoms with E-state index in [0.29, 0.717) is 29.6 Å². The molecular formula is C22H24FN5O2. The van der Waals surface area contributed by atoms with Gasteiger partial charge in [0.2, 0.25) is 5.88 Å². The predicted octanol–water partition coefficient (Wildman–Crippen LogP) is 3.25. The van der Waals surface area contributed by atoms with Gasteiger partial charge in [0.25, 0.3) is 0 Å². The molecule has 2 bridgehead atoms. The van der Waals surface area contributed by atoms with E-state index in [2.05, 4.69) is 20.6 Å². The van der Waals surface area contributed by atoms with Gasteiger partial charge < -0.3 is 15.2 Å². The number of hydrogen-bond donors (Lipinski definition) is 2. The van der Waals surface area contributed by atoms with Crippen molar-refractivity contribution in [1.82, 2.24) is 25.3 Å². The molecule has 0 saturated carbocycles. The summed E-state index contributed by atoms with van der Waals surface area (Å²) in [6.45, 7) is 0. The third-order valence-corrected chi connectivity index (χ3v) is 5.97. The Morgan fingerprint density at radius 1 is 1.13 bits per heavy atom. The monoisotopic (exact) mass is 409 g/mol. The van der Waals surface area contributed by atoms with Crippen LogP contribution in [0.3, 0.4) is 0 Å². The van der Waals surface area contributed by atoms with E-state index >= 15 is 0 Å². The number of hydrogen-bond acceptors (Lipinski definition) is 6. The van der Waals surface area contributed by atoms with E-state index in [1.165, 1.54) is 0 Å². The number of fused-ring (bicyclic) bond motifs is 2. The van der Waals surface area contributed by atoms with Crippen LogP contribution in [0, 0.1) is 0 Å². The largest absolute Gasteiger partial charge is 0.507 e. The fourth-order valence-corrected chi connectivity index (χ4v) is 4.43. The highest BCUT2D eigenvalue weighted by atomic mass is 19.1. The summed E-state index contributed by atoms with van der Waals surface area (Å²) < 4.78 is 22.3. The molecule has 2 aliphatic heterocycles. The van der Waals surface area contributed by atoms with E-state index in [4.69, 9.17) is 4.74 Å². The van der Waals surface area contributed by atoms with Gasteiger partial charge in [-0.1, -0.05) is 12.5 Å². The number of ether oxygens (including phenoxy) is 1. The molecule has 0 aliphatic carbocycles. The normalized spacial score (nSPS) is 25.8. The van der Waals surface area contributed by atoms with Crippen molar-refractivity contribution in [2.75, 3.05) is 0 Å². The van der Waals surface area contributed by atoms with Crippen LogP contribution >= 0.6 is 0 Å². The fourth-order valence-electron chi connectivity index (χ4n) is 4.43. The maximum atomic E-state index is 14.7. The zero-order valence-corrected chi connectivity index (χ0v) is 16.7. The lowest BCUT2D eigenvalue weighted by Crippen LogP contribution is -2.59. The SMILES string of the molecule is Cn1ccc(-c2ccc(-c3ccc(O[C@@H]4CC5CCCC(N5)[C@@H]4F)nn3)c(O)c2)n1. The van der Waals surface area contributed by atoms with Crippen molar-refractivity contribution in [1.29, 1.82) is 0 Å². The Balaban J connectivity index is 1.31. The topological polar surface area (TPSA) is 85.1 Å². The summed E-state index contributed by atoms with van der Waals surface area (Å²) in [5.74, 6) is 0.395. The van der Waals surface area contributed by atoms with E-state index in [-0.39, 0.29) is 11.8 Å². The van der Waals surface area contributed by atoms with E-state index < -0.39 is 12.3 Å². The molecule has 0 radical (unpaired) electrons. The van der Waals surface area contributed by atoms with Crippen LogP contribution in [0.1, 0.15) is 25.7 Å². The van der Waals surface area contributed by atoms with Crippen LogP contribution in [-0.2, 0) is 7.05 Å². The van der Waals surface area contributed by atoms with E-state index in [1.807, 2.05) is 25.4 Å². The minimum Gasteiger partial charge on any atom is -0.507 e. The summed E-state index contributed by atoms with van der Waals surface area (Å²) >= 11 is 0. The summed E-state index contributed by atoms with van der Waals surface area (Å²) in [7, 11) is 1.85. The van der Waals surface area contributed by atoms with Crippen LogP contribution in [-0.4, -0.2) is 49.4 Å². The average molecular weight is 409 g/mol. The number of aryl methyl sites for hydroxylation is 1. The Bertz CT molecular complexity index is 1040. The van der Waals surface area contributed by atoms with Gasteiger partial charge in [0.1, 0.15) is 11.9 Å². The third kappa shape index (κ3) is 3.63. The number of nitrogens with one attached hydrogen (secondary N) is 1. The Kier molecular flexibility index (Phi) is 4.86. The zero-order chi connectivity index (χ0) is 20.7. The van der Waals surface area contributed by atoms with Crippen molar-refractivity contribution < 1.29 is 14.2 Å². The summed E-state index contributed by atoms with van der Waals surface area (Å²) in [5, 5.41) is 26.5. The van der Waals surface area contributed by atoms with E-state index in [1.54, 1.807) is 28.9 Å². The molecule has 0 amide bonds. The van der Waals surface area contributed by atoms with Crippen LogP contribution in [0.4, 0.5) is 4.39 Å². The lowest BCUT2D eigenvalue weighted by molar-refractivity contribution is 0.00652. The molecule has 2 aliphatic rings. The van der Waals surface area contributed by atoms with Gasteiger partial charge in [-0.3, -0.25) is 4.68 Å². The Morgan fingerprint density at radius 3 is 2.77 bits per heavy atom. The Labute approximate surface area is 173 Å². The van der Waals surface area contributed by atoms with E-state index in [0.717, 1.165) is 30.5 Å². The second-order valence-electron chi connectivity index (χ2n) is 8.10. The first-order valence-corrected chi connectivity index (χ1v) is 10.3. The molecule has 30 heavy (non-hydrogen) atoms. The van der Waals surface area contributed by atoms with Crippen molar-refractivity contribution in [3.63, 3.8) is 0 Å². The summed E-state index contributed by atoms with van der Waals surface area (Å²) in [6.07, 6.45) is 3.89. The molecule has 5 rings (SSSR count). The first-order chi connectivity index (χ1) is 14.6. The number of phenolic OH excluding ortho intramolecular Hbond substituents is 1. The summed E-state index contributed by atoms with van der Waals surface area (Å²) in [6, 6.07) is 10.8. The standard InChI is InChI=1S/C22H24FN5O2/c1-28-10-9-16(27-28)13-5-6-15(19(29)11-13)17-7-8-21(26-25-17)30-20-12-14-3-2-4-18(24-14)22(20)23/h5-11,14,18,20,22,24,29H,2-4,12H2,1H3/t14?,18?,20-,22+/m1/s1. The van der Waals surface area contributed by atoms with Crippen LogP contribution in [0.15, 0.2) is 42.6 Å². The summed E-state index contributed by atoms with van der Waals surface area (Å²) in [5.41, 5.74) is 2.68. The minimum atomic E-state index is -1.05. The quantitative estimate of drug-likeness (QED) is 0.688. The summed E-state index contributed by atoms with van der Waals surface area (Å²) in [4.78, 5) is 0. The zero-order valence-electron chi connectivity index (χ0n) is 16.7.